The number of hydrogen-bond acceptors (Lipinski definition) is 4. The molecule has 1 unspecified atom stereocenters. The van der Waals surface area contributed by atoms with Gasteiger partial charge in [-0.25, -0.2) is 4.79 Å². The second-order valence-electron chi connectivity index (χ2n) is 4.82. The molecule has 0 bridgehead atoms. The normalized spacial score (nSPS) is 12.2. The predicted octanol–water partition coefficient (Wildman–Crippen LogP) is 3.70. The first-order valence-electron chi connectivity index (χ1n) is 7.26. The van der Waals surface area contributed by atoms with Crippen molar-refractivity contribution in [2.75, 3.05) is 20.3 Å². The number of hydrogen-bond donors (Lipinski definition) is 0. The highest BCUT2D eigenvalue weighted by molar-refractivity contribution is 5.87. The van der Waals surface area contributed by atoms with Crippen LogP contribution in [0.4, 0.5) is 0 Å². The van der Waals surface area contributed by atoms with Gasteiger partial charge in [0, 0.05) is 6.08 Å². The van der Waals surface area contributed by atoms with Crippen LogP contribution in [-0.2, 0) is 9.53 Å². The van der Waals surface area contributed by atoms with Crippen LogP contribution in [0.2, 0.25) is 0 Å². The average Bonchev–Trinajstić information content (AvgIpc) is 2.51. The van der Waals surface area contributed by atoms with E-state index in [9.17, 15) is 4.79 Å². The Morgan fingerprint density at radius 1 is 1.29 bits per heavy atom. The molecule has 0 saturated heterocycles. The first-order chi connectivity index (χ1) is 10.1. The Kier molecular flexibility index (Phi) is 7.37. The minimum Gasteiger partial charge on any atom is -0.493 e. The fraction of sp³-hybridized carbons (Fsp3) is 0.471. The molecule has 0 N–H and O–H groups in total. The highest BCUT2D eigenvalue weighted by Crippen LogP contribution is 2.28. The molecule has 1 aromatic carbocycles. The van der Waals surface area contributed by atoms with Crippen molar-refractivity contribution < 1.29 is 19.0 Å². The zero-order valence-electron chi connectivity index (χ0n) is 13.2. The van der Waals surface area contributed by atoms with Gasteiger partial charge in [-0.2, -0.15) is 0 Å². The summed E-state index contributed by atoms with van der Waals surface area (Å²) in [6.07, 6.45) is 4.13. The average molecular weight is 292 g/mol. The lowest BCUT2D eigenvalue weighted by atomic mass is 10.1. The molecule has 0 radical (unpaired) electrons. The van der Waals surface area contributed by atoms with Crippen LogP contribution in [0.5, 0.6) is 11.5 Å². The fourth-order valence-corrected chi connectivity index (χ4v) is 1.62. The van der Waals surface area contributed by atoms with E-state index in [0.717, 1.165) is 12.0 Å². The van der Waals surface area contributed by atoms with Gasteiger partial charge in [0.25, 0.3) is 0 Å². The summed E-state index contributed by atoms with van der Waals surface area (Å²) in [5.41, 5.74) is 0.861. The van der Waals surface area contributed by atoms with Crippen molar-refractivity contribution in [3.63, 3.8) is 0 Å². The van der Waals surface area contributed by atoms with Crippen LogP contribution in [0.25, 0.3) is 6.08 Å². The molecule has 0 amide bonds. The van der Waals surface area contributed by atoms with Crippen molar-refractivity contribution in [1.29, 1.82) is 0 Å². The summed E-state index contributed by atoms with van der Waals surface area (Å²) in [7, 11) is 1.60. The summed E-state index contributed by atoms with van der Waals surface area (Å²) in [4.78, 5) is 11.6. The molecule has 0 aliphatic carbocycles. The van der Waals surface area contributed by atoms with E-state index in [0.29, 0.717) is 30.6 Å². The van der Waals surface area contributed by atoms with Crippen molar-refractivity contribution in [3.05, 3.63) is 29.8 Å². The first kappa shape index (κ1) is 17.1. The Morgan fingerprint density at radius 2 is 2.05 bits per heavy atom. The van der Waals surface area contributed by atoms with Gasteiger partial charge in [0.05, 0.1) is 20.3 Å². The summed E-state index contributed by atoms with van der Waals surface area (Å²) >= 11 is 0. The lowest BCUT2D eigenvalue weighted by Crippen LogP contribution is -2.08. The monoisotopic (exact) mass is 292 g/mol. The number of carbonyl (C=O) groups is 1. The Balaban J connectivity index is 2.67. The van der Waals surface area contributed by atoms with Crippen molar-refractivity contribution in [2.24, 2.45) is 5.92 Å². The minimum atomic E-state index is -0.330. The molecule has 21 heavy (non-hydrogen) atoms. The van der Waals surface area contributed by atoms with Crippen molar-refractivity contribution >= 4 is 12.0 Å². The van der Waals surface area contributed by atoms with Crippen molar-refractivity contribution in [2.45, 2.75) is 27.2 Å². The highest BCUT2D eigenvalue weighted by Gasteiger charge is 2.05. The van der Waals surface area contributed by atoms with E-state index in [4.69, 9.17) is 14.2 Å². The van der Waals surface area contributed by atoms with E-state index >= 15 is 0 Å². The largest absolute Gasteiger partial charge is 0.493 e. The Morgan fingerprint density at radius 3 is 2.67 bits per heavy atom. The SMILES string of the molecule is CCOc1cc(/C=C/C(=O)OCC(C)CC)ccc1OC. The Hall–Kier alpha value is -1.97. The number of methoxy groups -OCH3 is 1. The predicted molar refractivity (Wildman–Crippen MR) is 83.6 cm³/mol. The maximum Gasteiger partial charge on any atom is 0.330 e. The summed E-state index contributed by atoms with van der Waals surface area (Å²) in [5.74, 6) is 1.39. The molecule has 1 aromatic rings. The van der Waals surface area contributed by atoms with E-state index in [2.05, 4.69) is 13.8 Å². The number of benzene rings is 1. The lowest BCUT2D eigenvalue weighted by Gasteiger charge is -2.09. The molecule has 1 atom stereocenters. The van der Waals surface area contributed by atoms with Gasteiger partial charge >= 0.3 is 5.97 Å². The molecule has 0 aliphatic rings. The molecule has 116 valence electrons. The maximum absolute atomic E-state index is 11.6. The van der Waals surface area contributed by atoms with Crippen LogP contribution in [0, 0.1) is 5.92 Å². The summed E-state index contributed by atoms with van der Waals surface area (Å²) in [6, 6.07) is 5.51. The van der Waals surface area contributed by atoms with Crippen LogP contribution in [0.1, 0.15) is 32.8 Å². The van der Waals surface area contributed by atoms with Gasteiger partial charge in [0.2, 0.25) is 0 Å². The number of carbonyl (C=O) groups excluding carboxylic acids is 1. The molecule has 4 heteroatoms. The quantitative estimate of drug-likeness (QED) is 0.541. The third-order valence-corrected chi connectivity index (χ3v) is 3.11. The lowest BCUT2D eigenvalue weighted by molar-refractivity contribution is -0.138. The third-order valence-electron chi connectivity index (χ3n) is 3.11. The smallest absolute Gasteiger partial charge is 0.330 e. The molecule has 4 nitrogen and oxygen atoms in total. The molecule has 0 aromatic heterocycles. The van der Waals surface area contributed by atoms with Gasteiger partial charge in [-0.15, -0.1) is 0 Å². The molecule has 1 rings (SSSR count). The maximum atomic E-state index is 11.6. The van der Waals surface area contributed by atoms with E-state index in [1.807, 2.05) is 25.1 Å². The Labute approximate surface area is 126 Å². The molecular weight excluding hydrogens is 268 g/mol. The highest BCUT2D eigenvalue weighted by atomic mass is 16.5. The van der Waals surface area contributed by atoms with E-state index < -0.39 is 0 Å². The van der Waals surface area contributed by atoms with E-state index in [1.54, 1.807) is 13.2 Å². The van der Waals surface area contributed by atoms with Gasteiger partial charge in [-0.05, 0) is 36.6 Å². The van der Waals surface area contributed by atoms with E-state index in [-0.39, 0.29) is 5.97 Å². The van der Waals surface area contributed by atoms with Gasteiger partial charge in [-0.1, -0.05) is 26.3 Å². The summed E-state index contributed by atoms with van der Waals surface area (Å²) in [5, 5.41) is 0. The van der Waals surface area contributed by atoms with Gasteiger partial charge < -0.3 is 14.2 Å². The zero-order chi connectivity index (χ0) is 15.7. The molecular formula is C17H24O4. The Bertz CT molecular complexity index is 480. The summed E-state index contributed by atoms with van der Waals surface area (Å²) in [6.45, 7) is 7.04. The molecule has 0 saturated carbocycles. The molecule has 0 aliphatic heterocycles. The second-order valence-corrected chi connectivity index (χ2v) is 4.82. The van der Waals surface area contributed by atoms with Crippen LogP contribution in [0.15, 0.2) is 24.3 Å². The van der Waals surface area contributed by atoms with E-state index in [1.165, 1.54) is 6.08 Å². The third kappa shape index (κ3) is 5.90. The van der Waals surface area contributed by atoms with Gasteiger partial charge in [0.15, 0.2) is 11.5 Å². The number of ether oxygens (including phenoxy) is 3. The van der Waals surface area contributed by atoms with Gasteiger partial charge in [0.1, 0.15) is 0 Å². The fourth-order valence-electron chi connectivity index (χ4n) is 1.62. The first-order valence-corrected chi connectivity index (χ1v) is 7.26. The van der Waals surface area contributed by atoms with Crippen molar-refractivity contribution in [1.82, 2.24) is 0 Å². The van der Waals surface area contributed by atoms with Crippen LogP contribution >= 0.6 is 0 Å². The van der Waals surface area contributed by atoms with Crippen LogP contribution in [-0.4, -0.2) is 26.3 Å². The van der Waals surface area contributed by atoms with Gasteiger partial charge in [-0.3, -0.25) is 0 Å². The van der Waals surface area contributed by atoms with Crippen LogP contribution < -0.4 is 9.47 Å². The zero-order valence-corrected chi connectivity index (χ0v) is 13.2. The van der Waals surface area contributed by atoms with Crippen molar-refractivity contribution in [3.8, 4) is 11.5 Å². The standard InChI is InChI=1S/C17H24O4/c1-5-13(3)12-21-17(18)10-8-14-7-9-15(19-4)16(11-14)20-6-2/h7-11,13H,5-6,12H2,1-4H3/b10-8+. The second kappa shape index (κ2) is 9.06. The summed E-state index contributed by atoms with van der Waals surface area (Å²) < 4.78 is 15.9. The number of rotatable bonds is 8. The number of esters is 1. The topological polar surface area (TPSA) is 44.8 Å². The minimum absolute atomic E-state index is 0.330. The van der Waals surface area contributed by atoms with Crippen LogP contribution in [0.3, 0.4) is 0 Å². The molecule has 0 fully saturated rings. The molecule has 0 spiro atoms. The molecule has 0 heterocycles.